The molecule has 106 valence electrons. The van der Waals surface area contributed by atoms with Crippen molar-refractivity contribution in [2.24, 2.45) is 0 Å². The van der Waals surface area contributed by atoms with E-state index >= 15 is 0 Å². The van der Waals surface area contributed by atoms with Gasteiger partial charge in [-0.1, -0.05) is 18.2 Å². The van der Waals surface area contributed by atoms with Crippen molar-refractivity contribution in [2.75, 3.05) is 21.2 Å². The SMILES string of the molecule is CO[C@@H](C(=O)OP(=O)(Cl)Oc1ccccc1)N(C)C. The maximum absolute atomic E-state index is 11.9. The van der Waals surface area contributed by atoms with Crippen molar-refractivity contribution in [1.82, 2.24) is 4.90 Å². The van der Waals surface area contributed by atoms with E-state index in [1.807, 2.05) is 0 Å². The molecule has 0 spiro atoms. The number of benzene rings is 1. The van der Waals surface area contributed by atoms with Crippen LogP contribution in [0.25, 0.3) is 0 Å². The van der Waals surface area contributed by atoms with Crippen molar-refractivity contribution in [1.29, 1.82) is 0 Å². The van der Waals surface area contributed by atoms with Crippen LogP contribution in [0.15, 0.2) is 30.3 Å². The summed E-state index contributed by atoms with van der Waals surface area (Å²) in [5.74, 6) is -0.644. The van der Waals surface area contributed by atoms with Crippen molar-refractivity contribution in [2.45, 2.75) is 6.23 Å². The maximum Gasteiger partial charge on any atom is 0.532 e. The third-order valence-corrected chi connectivity index (χ3v) is 3.29. The Balaban J connectivity index is 2.69. The van der Waals surface area contributed by atoms with Crippen LogP contribution in [0.5, 0.6) is 5.75 Å². The van der Waals surface area contributed by atoms with E-state index in [1.165, 1.54) is 12.0 Å². The molecule has 19 heavy (non-hydrogen) atoms. The number of likely N-dealkylation sites (N-methyl/N-ethyl adjacent to an activating group) is 1. The molecule has 1 aromatic carbocycles. The molecule has 1 unspecified atom stereocenters. The molecule has 0 aliphatic rings. The second-order valence-electron chi connectivity index (χ2n) is 3.80. The second kappa shape index (κ2) is 6.91. The van der Waals surface area contributed by atoms with Crippen molar-refractivity contribution in [3.63, 3.8) is 0 Å². The minimum Gasteiger partial charge on any atom is -0.405 e. The number of methoxy groups -OCH3 is 1. The van der Waals surface area contributed by atoms with Gasteiger partial charge >= 0.3 is 12.9 Å². The smallest absolute Gasteiger partial charge is 0.405 e. The summed E-state index contributed by atoms with van der Waals surface area (Å²) in [6.07, 6.45) is -1.01. The van der Waals surface area contributed by atoms with Gasteiger partial charge in [-0.3, -0.25) is 4.90 Å². The van der Waals surface area contributed by atoms with Gasteiger partial charge in [0.2, 0.25) is 6.23 Å². The van der Waals surface area contributed by atoms with Gasteiger partial charge in [0.05, 0.1) is 0 Å². The summed E-state index contributed by atoms with van der Waals surface area (Å²) in [5.41, 5.74) is 0. The number of carbonyl (C=O) groups is 1. The van der Waals surface area contributed by atoms with Gasteiger partial charge in [0.1, 0.15) is 5.75 Å². The van der Waals surface area contributed by atoms with Gasteiger partial charge in [-0.05, 0) is 26.2 Å². The van der Waals surface area contributed by atoms with Crippen LogP contribution in [0.3, 0.4) is 0 Å². The summed E-state index contributed by atoms with van der Waals surface area (Å²) >= 11 is 5.59. The Morgan fingerprint density at radius 1 is 1.32 bits per heavy atom. The standard InChI is InChI=1S/C11H15ClNO5P/c1-13(2)10(16-3)11(14)18-19(12,15)17-9-7-5-4-6-8-9/h4-8,10H,1-3H3/t10-,19?/m0/s1. The van der Waals surface area contributed by atoms with Gasteiger partial charge in [0.15, 0.2) is 0 Å². The summed E-state index contributed by atoms with van der Waals surface area (Å²) in [7, 11) is 4.53. The Kier molecular flexibility index (Phi) is 5.82. The summed E-state index contributed by atoms with van der Waals surface area (Å²) in [6.45, 7) is -4.06. The van der Waals surface area contributed by atoms with Gasteiger partial charge in [-0.2, -0.15) is 0 Å². The molecule has 8 heteroatoms. The second-order valence-corrected chi connectivity index (χ2v) is 6.27. The zero-order valence-electron chi connectivity index (χ0n) is 10.8. The first-order valence-electron chi connectivity index (χ1n) is 5.33. The molecule has 0 heterocycles. The largest absolute Gasteiger partial charge is 0.532 e. The minimum absolute atomic E-state index is 0.243. The molecule has 1 rings (SSSR count). The molecule has 0 saturated heterocycles. The summed E-state index contributed by atoms with van der Waals surface area (Å²) in [5, 5.41) is 0. The van der Waals surface area contributed by atoms with Crippen LogP contribution in [-0.4, -0.2) is 38.3 Å². The van der Waals surface area contributed by atoms with Crippen molar-refractivity contribution < 1.29 is 23.1 Å². The number of rotatable bonds is 6. The number of halogens is 1. The van der Waals surface area contributed by atoms with E-state index in [1.54, 1.807) is 44.4 Å². The number of hydrogen-bond acceptors (Lipinski definition) is 6. The van der Waals surface area contributed by atoms with E-state index in [4.69, 9.17) is 20.5 Å². The Hall–Kier alpha value is -1.07. The first-order chi connectivity index (χ1) is 8.85. The molecule has 0 aromatic heterocycles. The van der Waals surface area contributed by atoms with E-state index in [0.29, 0.717) is 0 Å². The quantitative estimate of drug-likeness (QED) is 0.594. The van der Waals surface area contributed by atoms with E-state index in [-0.39, 0.29) is 5.75 Å². The molecule has 1 aromatic rings. The molecule has 2 atom stereocenters. The fourth-order valence-electron chi connectivity index (χ4n) is 1.30. The topological polar surface area (TPSA) is 65.1 Å². The van der Waals surface area contributed by atoms with Crippen LogP contribution in [-0.2, 0) is 18.6 Å². The van der Waals surface area contributed by atoms with Gasteiger partial charge < -0.3 is 13.8 Å². The molecular weight excluding hydrogens is 293 g/mol. The van der Waals surface area contributed by atoms with E-state index in [2.05, 4.69) is 4.52 Å². The highest BCUT2D eigenvalue weighted by atomic mass is 35.7. The minimum atomic E-state index is -4.06. The molecule has 0 fully saturated rings. The normalized spacial score (nSPS) is 15.6. The molecule has 0 aliphatic carbocycles. The molecule has 0 aliphatic heterocycles. The molecule has 0 bridgehead atoms. The van der Waals surface area contributed by atoms with Gasteiger partial charge in [-0.15, -0.1) is 0 Å². The van der Waals surface area contributed by atoms with Crippen LogP contribution in [0.2, 0.25) is 0 Å². The molecular formula is C11H15ClNO5P. The molecule has 6 nitrogen and oxygen atoms in total. The lowest BCUT2D eigenvalue weighted by atomic mass is 10.3. The number of carbonyl (C=O) groups excluding carboxylic acids is 1. The Morgan fingerprint density at radius 3 is 2.37 bits per heavy atom. The summed E-state index contributed by atoms with van der Waals surface area (Å²) in [6, 6.07) is 8.19. The van der Waals surface area contributed by atoms with Gasteiger partial charge in [0, 0.05) is 18.4 Å². The van der Waals surface area contributed by atoms with Crippen LogP contribution < -0.4 is 4.52 Å². The number of hydrogen-bond donors (Lipinski definition) is 0. The van der Waals surface area contributed by atoms with Crippen molar-refractivity contribution in [3.05, 3.63) is 30.3 Å². The molecule has 0 amide bonds. The predicted molar refractivity (Wildman–Crippen MR) is 71.1 cm³/mol. The average molecular weight is 308 g/mol. The lowest BCUT2D eigenvalue weighted by molar-refractivity contribution is -0.155. The first kappa shape index (κ1) is 16.0. The Morgan fingerprint density at radius 2 is 1.89 bits per heavy atom. The highest BCUT2D eigenvalue weighted by molar-refractivity contribution is 7.82. The van der Waals surface area contributed by atoms with Crippen molar-refractivity contribution >= 4 is 24.2 Å². The monoisotopic (exact) mass is 307 g/mol. The fourth-order valence-corrected chi connectivity index (χ4v) is 2.46. The molecule has 0 radical (unpaired) electrons. The van der Waals surface area contributed by atoms with Crippen LogP contribution >= 0.6 is 18.2 Å². The number of para-hydroxylation sites is 1. The maximum atomic E-state index is 11.9. The lowest BCUT2D eigenvalue weighted by Gasteiger charge is -2.21. The molecule has 0 saturated carbocycles. The first-order valence-corrected chi connectivity index (χ1v) is 7.77. The van der Waals surface area contributed by atoms with E-state index in [0.717, 1.165) is 0 Å². The van der Waals surface area contributed by atoms with Crippen LogP contribution in [0.4, 0.5) is 0 Å². The predicted octanol–water partition coefficient (Wildman–Crippen LogP) is 2.49. The number of nitrogens with zero attached hydrogens (tertiary/aromatic N) is 1. The highest BCUT2D eigenvalue weighted by Crippen LogP contribution is 2.53. The van der Waals surface area contributed by atoms with Gasteiger partial charge in [-0.25, -0.2) is 9.36 Å². The summed E-state index contributed by atoms with van der Waals surface area (Å²) < 4.78 is 26.3. The van der Waals surface area contributed by atoms with Crippen LogP contribution in [0.1, 0.15) is 0 Å². The zero-order valence-corrected chi connectivity index (χ0v) is 12.4. The third kappa shape index (κ3) is 5.20. The van der Waals surface area contributed by atoms with Gasteiger partial charge in [0.25, 0.3) is 0 Å². The van der Waals surface area contributed by atoms with Crippen LogP contribution in [0, 0.1) is 0 Å². The lowest BCUT2D eigenvalue weighted by Crippen LogP contribution is -2.38. The third-order valence-electron chi connectivity index (χ3n) is 2.05. The van der Waals surface area contributed by atoms with E-state index < -0.39 is 19.1 Å². The fraction of sp³-hybridized carbons (Fsp3) is 0.364. The highest BCUT2D eigenvalue weighted by Gasteiger charge is 2.33. The Bertz CT molecular complexity index is 467. The van der Waals surface area contributed by atoms with E-state index in [9.17, 15) is 9.36 Å². The average Bonchev–Trinajstić information content (AvgIpc) is 2.28. The van der Waals surface area contributed by atoms with Crippen molar-refractivity contribution in [3.8, 4) is 5.75 Å². The summed E-state index contributed by atoms with van der Waals surface area (Å²) in [4.78, 5) is 13.1. The Labute approximate surface area is 116 Å². The number of ether oxygens (including phenoxy) is 1. The molecule has 0 N–H and O–H groups in total. The zero-order chi connectivity index (χ0) is 14.5.